The van der Waals surface area contributed by atoms with Crippen molar-refractivity contribution in [1.82, 2.24) is 4.98 Å². The van der Waals surface area contributed by atoms with E-state index < -0.39 is 6.10 Å². The second-order valence-corrected chi connectivity index (χ2v) is 5.76. The minimum absolute atomic E-state index is 0.285. The van der Waals surface area contributed by atoms with Crippen molar-refractivity contribution < 1.29 is 9.50 Å². The van der Waals surface area contributed by atoms with Gasteiger partial charge in [-0.25, -0.2) is 9.37 Å². The summed E-state index contributed by atoms with van der Waals surface area (Å²) in [6.45, 7) is 6.12. The molecular weight excluding hydrogens is 263 g/mol. The number of nitrogens with zero attached hydrogens (tertiary/aromatic N) is 1. The van der Waals surface area contributed by atoms with Gasteiger partial charge in [0.15, 0.2) is 5.13 Å². The normalized spacial score (nSPS) is 12.5. The van der Waals surface area contributed by atoms with Gasteiger partial charge in [-0.3, -0.25) is 0 Å². The molecule has 0 bridgehead atoms. The van der Waals surface area contributed by atoms with E-state index in [1.54, 1.807) is 24.3 Å². The predicted molar refractivity (Wildman–Crippen MR) is 76.2 cm³/mol. The number of aryl methyl sites for hydroxylation is 3. The van der Waals surface area contributed by atoms with Gasteiger partial charge in [0, 0.05) is 11.4 Å². The Morgan fingerprint density at radius 3 is 2.68 bits per heavy atom. The van der Waals surface area contributed by atoms with Crippen molar-refractivity contribution >= 4 is 16.5 Å². The third-order valence-electron chi connectivity index (χ3n) is 3.07. The topological polar surface area (TPSA) is 45.1 Å². The molecule has 1 aromatic carbocycles. The fourth-order valence-corrected chi connectivity index (χ4v) is 2.68. The first-order valence-corrected chi connectivity index (χ1v) is 6.91. The lowest BCUT2D eigenvalue weighted by molar-refractivity contribution is 0.191. The van der Waals surface area contributed by atoms with E-state index in [0.29, 0.717) is 6.54 Å². The smallest absolute Gasteiger partial charge is 0.183 e. The first-order chi connectivity index (χ1) is 8.97. The van der Waals surface area contributed by atoms with Crippen molar-refractivity contribution in [2.24, 2.45) is 0 Å². The van der Waals surface area contributed by atoms with Crippen LogP contribution in [0.4, 0.5) is 9.52 Å². The van der Waals surface area contributed by atoms with Crippen LogP contribution < -0.4 is 5.32 Å². The van der Waals surface area contributed by atoms with Crippen molar-refractivity contribution in [2.45, 2.75) is 26.9 Å². The van der Waals surface area contributed by atoms with Gasteiger partial charge in [-0.1, -0.05) is 6.07 Å². The Morgan fingerprint density at radius 1 is 1.37 bits per heavy atom. The molecule has 2 N–H and O–H groups in total. The summed E-state index contributed by atoms with van der Waals surface area (Å²) in [5, 5.41) is 14.0. The van der Waals surface area contributed by atoms with Crippen LogP contribution in [-0.4, -0.2) is 16.6 Å². The molecule has 0 fully saturated rings. The molecule has 0 spiro atoms. The molecular formula is C14H17FN2OS. The number of nitrogens with one attached hydrogen (secondary N) is 1. The number of benzene rings is 1. The van der Waals surface area contributed by atoms with Crippen LogP contribution in [0.5, 0.6) is 0 Å². The number of halogens is 1. The Kier molecular flexibility index (Phi) is 4.17. The molecule has 3 nitrogen and oxygen atoms in total. The van der Waals surface area contributed by atoms with Gasteiger partial charge >= 0.3 is 0 Å². The molecule has 0 saturated carbocycles. The van der Waals surface area contributed by atoms with E-state index in [-0.39, 0.29) is 5.82 Å². The maximum atomic E-state index is 13.0. The molecule has 5 heteroatoms. The van der Waals surface area contributed by atoms with Crippen molar-refractivity contribution in [3.05, 3.63) is 45.7 Å². The van der Waals surface area contributed by atoms with Gasteiger partial charge in [0.1, 0.15) is 5.82 Å². The molecule has 1 aromatic heterocycles. The second-order valence-electron chi connectivity index (χ2n) is 4.56. The van der Waals surface area contributed by atoms with Crippen LogP contribution in [0.2, 0.25) is 0 Å². The zero-order chi connectivity index (χ0) is 14.0. The van der Waals surface area contributed by atoms with Gasteiger partial charge in [0.05, 0.1) is 11.8 Å². The highest BCUT2D eigenvalue weighted by Crippen LogP contribution is 2.23. The van der Waals surface area contributed by atoms with E-state index in [4.69, 9.17) is 0 Å². The fraction of sp³-hybridized carbons (Fsp3) is 0.357. The summed E-state index contributed by atoms with van der Waals surface area (Å²) < 4.78 is 13.0. The van der Waals surface area contributed by atoms with Crippen LogP contribution in [0, 0.1) is 26.6 Å². The average Bonchev–Trinajstić information content (AvgIpc) is 2.66. The number of thiazole rings is 1. The number of aliphatic hydroxyl groups is 1. The zero-order valence-corrected chi connectivity index (χ0v) is 12.0. The highest BCUT2D eigenvalue weighted by Gasteiger charge is 2.12. The van der Waals surface area contributed by atoms with E-state index in [2.05, 4.69) is 10.3 Å². The Bertz CT molecular complexity index is 563. The number of aliphatic hydroxyl groups excluding tert-OH is 1. The molecule has 0 aliphatic carbocycles. The molecule has 19 heavy (non-hydrogen) atoms. The number of anilines is 1. The summed E-state index contributed by atoms with van der Waals surface area (Å²) in [4.78, 5) is 5.51. The molecule has 102 valence electrons. The van der Waals surface area contributed by atoms with Gasteiger partial charge in [-0.2, -0.15) is 0 Å². The molecule has 0 aliphatic rings. The fourth-order valence-electron chi connectivity index (χ4n) is 1.86. The largest absolute Gasteiger partial charge is 0.387 e. The van der Waals surface area contributed by atoms with Crippen LogP contribution in [0.15, 0.2) is 18.2 Å². The standard InChI is InChI=1S/C14H17FN2OS/c1-8-6-11(15)4-5-12(8)13(18)7-16-14-17-9(2)10(3)19-14/h4-6,13,18H,7H2,1-3H3,(H,16,17). The van der Waals surface area contributed by atoms with Gasteiger partial charge in [0.2, 0.25) is 0 Å². The Hall–Kier alpha value is -1.46. The Balaban J connectivity index is 2.03. The summed E-state index contributed by atoms with van der Waals surface area (Å²) in [5.41, 5.74) is 2.49. The van der Waals surface area contributed by atoms with E-state index in [0.717, 1.165) is 26.8 Å². The molecule has 0 amide bonds. The maximum Gasteiger partial charge on any atom is 0.183 e. The second kappa shape index (κ2) is 5.67. The summed E-state index contributed by atoms with van der Waals surface area (Å²) >= 11 is 1.56. The predicted octanol–water partition coefficient (Wildman–Crippen LogP) is 3.35. The van der Waals surface area contributed by atoms with Crippen molar-refractivity contribution in [3.8, 4) is 0 Å². The van der Waals surface area contributed by atoms with Crippen LogP contribution in [0.1, 0.15) is 27.8 Å². The average molecular weight is 280 g/mol. The van der Waals surface area contributed by atoms with Gasteiger partial charge in [-0.05, 0) is 44.0 Å². The molecule has 2 aromatic rings. The lowest BCUT2D eigenvalue weighted by Gasteiger charge is -2.14. The first-order valence-electron chi connectivity index (χ1n) is 6.09. The summed E-state index contributed by atoms with van der Waals surface area (Å²) in [7, 11) is 0. The van der Waals surface area contributed by atoms with Gasteiger partial charge < -0.3 is 10.4 Å². The molecule has 0 radical (unpaired) electrons. The number of rotatable bonds is 4. The quantitative estimate of drug-likeness (QED) is 0.902. The monoisotopic (exact) mass is 280 g/mol. The van der Waals surface area contributed by atoms with Gasteiger partial charge in [0.25, 0.3) is 0 Å². The van der Waals surface area contributed by atoms with E-state index in [1.807, 2.05) is 13.8 Å². The summed E-state index contributed by atoms with van der Waals surface area (Å²) in [5.74, 6) is -0.285. The highest BCUT2D eigenvalue weighted by molar-refractivity contribution is 7.15. The SMILES string of the molecule is Cc1cc(F)ccc1C(O)CNc1nc(C)c(C)s1. The minimum atomic E-state index is -0.676. The molecule has 1 unspecified atom stereocenters. The maximum absolute atomic E-state index is 13.0. The summed E-state index contributed by atoms with van der Waals surface area (Å²) in [6.07, 6.45) is -0.676. The molecule has 1 heterocycles. The highest BCUT2D eigenvalue weighted by atomic mass is 32.1. The van der Waals surface area contributed by atoms with E-state index in [9.17, 15) is 9.50 Å². The van der Waals surface area contributed by atoms with Gasteiger partial charge in [-0.15, -0.1) is 11.3 Å². The third kappa shape index (κ3) is 3.30. The lowest BCUT2D eigenvalue weighted by atomic mass is 10.0. The summed E-state index contributed by atoms with van der Waals surface area (Å²) in [6, 6.07) is 4.41. The number of aromatic nitrogens is 1. The van der Waals surface area contributed by atoms with Crippen molar-refractivity contribution in [2.75, 3.05) is 11.9 Å². The number of hydrogen-bond acceptors (Lipinski definition) is 4. The number of hydrogen-bond donors (Lipinski definition) is 2. The van der Waals surface area contributed by atoms with E-state index in [1.165, 1.54) is 12.1 Å². The van der Waals surface area contributed by atoms with Crippen LogP contribution in [-0.2, 0) is 0 Å². The molecule has 0 saturated heterocycles. The van der Waals surface area contributed by atoms with E-state index >= 15 is 0 Å². The van der Waals surface area contributed by atoms with Crippen LogP contribution in [0.25, 0.3) is 0 Å². The molecule has 2 rings (SSSR count). The molecule has 0 aliphatic heterocycles. The zero-order valence-electron chi connectivity index (χ0n) is 11.2. The van der Waals surface area contributed by atoms with Crippen molar-refractivity contribution in [1.29, 1.82) is 0 Å². The third-order valence-corrected chi connectivity index (χ3v) is 4.10. The van der Waals surface area contributed by atoms with Crippen molar-refractivity contribution in [3.63, 3.8) is 0 Å². The molecule has 1 atom stereocenters. The Morgan fingerprint density at radius 2 is 2.11 bits per heavy atom. The Labute approximate surface area is 116 Å². The minimum Gasteiger partial charge on any atom is -0.387 e. The van der Waals surface area contributed by atoms with Crippen LogP contribution >= 0.6 is 11.3 Å². The lowest BCUT2D eigenvalue weighted by Crippen LogP contribution is -2.13. The van der Waals surface area contributed by atoms with Crippen LogP contribution in [0.3, 0.4) is 0 Å². The first kappa shape index (κ1) is 14.0.